The van der Waals surface area contributed by atoms with Crippen molar-refractivity contribution in [2.45, 2.75) is 155 Å². The predicted molar refractivity (Wildman–Crippen MR) is 554 cm³/mol. The first-order chi connectivity index (χ1) is 66.5. The zero-order valence-electron chi connectivity index (χ0n) is 82.9. The van der Waals surface area contributed by atoms with Gasteiger partial charge in [0.05, 0.1) is 27.8 Å². The topological polar surface area (TPSA) is 60.3 Å². The van der Waals surface area contributed by atoms with E-state index in [1.54, 1.807) is 6.07 Å². The molecule has 12 aromatic carbocycles. The van der Waals surface area contributed by atoms with E-state index < -0.39 is 6.85 Å². The summed E-state index contributed by atoms with van der Waals surface area (Å²) in [5.41, 5.74) is 41.8. The molecule has 0 fully saturated rings. The van der Waals surface area contributed by atoms with Gasteiger partial charge < -0.3 is 24.1 Å². The molecular weight excluding hydrogens is 1630 g/mol. The van der Waals surface area contributed by atoms with Crippen LogP contribution in [0.4, 0.5) is 28.4 Å². The van der Waals surface area contributed by atoms with Crippen molar-refractivity contribution < 1.29 is 26.5 Å². The minimum absolute atomic E-state index is 0.0497. The van der Waals surface area contributed by atoms with E-state index in [1.807, 2.05) is 19.1 Å². The number of anilines is 5. The second kappa shape index (κ2) is 33.0. The molecule has 134 heavy (non-hydrogen) atoms. The second-order valence-electron chi connectivity index (χ2n) is 39.3. The van der Waals surface area contributed by atoms with E-state index in [-0.39, 0.29) is 34.9 Å². The summed E-state index contributed by atoms with van der Waals surface area (Å²) in [6.45, 7) is 33.6. The first-order valence-corrected chi connectivity index (χ1v) is 48.4. The van der Waals surface area contributed by atoms with E-state index in [4.69, 9.17) is 4.11 Å². The monoisotopic (exact) mass is 1750 g/mol. The van der Waals surface area contributed by atoms with Crippen molar-refractivity contribution in [3.63, 3.8) is 0 Å². The maximum absolute atomic E-state index is 8.04. The maximum atomic E-state index is 8.04. The van der Waals surface area contributed by atoms with Gasteiger partial charge >= 0.3 is 34.9 Å². The highest BCUT2D eigenvalue weighted by Gasteiger charge is 2.56. The third-order valence-corrected chi connectivity index (χ3v) is 30.6. The molecular formula is C114H117B5N15+5. The summed E-state index contributed by atoms with van der Waals surface area (Å²) in [4.78, 5) is 12.6. The Hall–Kier alpha value is -14.0. The van der Waals surface area contributed by atoms with Crippen LogP contribution >= 0.6 is 0 Å². The first-order valence-electron chi connectivity index (χ1n) is 49.9. The number of hydrogen-bond donors (Lipinski definition) is 0. The van der Waals surface area contributed by atoms with Crippen molar-refractivity contribution in [2.75, 3.05) is 44.7 Å². The van der Waals surface area contributed by atoms with Crippen LogP contribution in [0.25, 0.3) is 79.2 Å². The standard InChI is InChI=1S/C29H23BN3.C23H27BN3.C22H25BN3.C21H23BN3.C19H19BN3/c1-31-26-17-8-14-23-20-32-18-19-33(29(32)27(23)26)30(31)28-24(21-10-4-2-5-11-21)15-9-16-25(28)22-12-6-3-7-13-22;1-5-19(6-2)27-20-12-8-11-18-15-25-13-14-26(23(25)21(18)20)24(27)22-16(3)9-7-10-17(22)4;1-15(2)13-26-19-10-6-9-18-14-24-11-12-25(22(24)20(18)19)23(26)21-16(3)7-5-8-17(21)4;1-14(2)25-18-10-6-9-17-13-23-11-12-24(21(23)19(17)18)22(25)20-15(3)7-5-8-16(20)4;1-13-6-4-7-14(2)18(13)20-21(3)16-9-5-8-15-12-22-10-11-23(20)19(22)17(15)16/h2-19H,20H2,1H3;7-14,19H,5-6,15H2,1-4H3;5-12,15H,13-14H2,1-4H3;5-12,14H,13H2,1-4H3;4-11H,12H2,1-3H3/q5*+1/i;;;;1D3. The van der Waals surface area contributed by atoms with Gasteiger partial charge in [-0.25, -0.2) is 22.8 Å². The fourth-order valence-corrected chi connectivity index (χ4v) is 24.8. The fourth-order valence-electron chi connectivity index (χ4n) is 24.8. The smallest absolute Gasteiger partial charge is 0.372 e. The molecule has 0 radical (unpaired) electrons. The zero-order valence-corrected chi connectivity index (χ0v) is 79.9. The van der Waals surface area contributed by atoms with Gasteiger partial charge in [0, 0.05) is 106 Å². The quantitative estimate of drug-likeness (QED) is 0.108. The summed E-state index contributed by atoms with van der Waals surface area (Å²) >= 11 is 0. The lowest BCUT2D eigenvalue weighted by Crippen LogP contribution is -2.73. The van der Waals surface area contributed by atoms with Crippen molar-refractivity contribution in [2.24, 2.45) is 5.92 Å². The lowest BCUT2D eigenvalue weighted by molar-refractivity contribution is -0.524. The van der Waals surface area contributed by atoms with E-state index in [0.29, 0.717) is 23.6 Å². The average Bonchev–Trinajstić information content (AvgIpc) is 1.66. The molecule has 0 saturated heterocycles. The van der Waals surface area contributed by atoms with Gasteiger partial charge in [0.1, 0.15) is 94.7 Å². The molecule has 658 valence electrons. The fraction of sp³-hybridized carbons (Fsp3) is 0.237. The van der Waals surface area contributed by atoms with Crippen LogP contribution in [0.15, 0.2) is 305 Å². The third-order valence-electron chi connectivity index (χ3n) is 30.6. The van der Waals surface area contributed by atoms with Crippen molar-refractivity contribution in [3.05, 3.63) is 377 Å². The number of aryl methyl sites for hydroxylation is 8. The van der Waals surface area contributed by atoms with Crippen LogP contribution in [0.2, 0.25) is 0 Å². The average molecular weight is 1750 g/mol. The largest absolute Gasteiger partial charge is 0.538 e. The Bertz CT molecular complexity index is 7570. The maximum Gasteiger partial charge on any atom is 0.538 e. The Morgan fingerprint density at radius 3 is 0.940 bits per heavy atom. The molecule has 0 bridgehead atoms. The van der Waals surface area contributed by atoms with Crippen LogP contribution in [-0.4, -0.2) is 90.5 Å². The molecule has 20 heteroatoms. The van der Waals surface area contributed by atoms with Gasteiger partial charge in [-0.05, 0) is 199 Å². The van der Waals surface area contributed by atoms with E-state index in [2.05, 4.69) is 453 Å². The normalized spacial score (nSPS) is 14.5. The summed E-state index contributed by atoms with van der Waals surface area (Å²) in [7, 11) is 4.30. The molecule has 10 aliphatic heterocycles. The molecule has 0 unspecified atom stereocenters. The Labute approximate surface area is 796 Å². The van der Waals surface area contributed by atoms with Crippen LogP contribution in [0.1, 0.15) is 131 Å². The van der Waals surface area contributed by atoms with Gasteiger partial charge in [-0.2, -0.15) is 0 Å². The number of nitrogens with zero attached hydrogens (tertiary/aromatic N) is 15. The molecule has 17 aromatic rings. The molecule has 27 rings (SSSR count). The number of aromatic nitrogens is 10. The molecule has 0 amide bonds. The molecule has 0 aliphatic carbocycles. The van der Waals surface area contributed by atoms with Gasteiger partial charge in [-0.1, -0.05) is 240 Å². The number of benzene rings is 12. The van der Waals surface area contributed by atoms with Crippen molar-refractivity contribution in [1.82, 2.24) is 22.8 Å². The number of imidazole rings is 5. The Kier molecular flexibility index (Phi) is 19.9. The summed E-state index contributed by atoms with van der Waals surface area (Å²) in [6.07, 6.45) is 24.5. The number of rotatable bonds is 13. The summed E-state index contributed by atoms with van der Waals surface area (Å²) < 4.78 is 48.2. The van der Waals surface area contributed by atoms with Gasteiger partial charge in [0.15, 0.2) is 0 Å². The Balaban J connectivity index is 0.0000000965. The van der Waals surface area contributed by atoms with Crippen LogP contribution in [0.5, 0.6) is 0 Å². The van der Waals surface area contributed by atoms with E-state index in [9.17, 15) is 0 Å². The third kappa shape index (κ3) is 13.1. The molecule has 0 atom stereocenters. The molecule has 0 saturated carbocycles. The molecule has 5 aromatic heterocycles. The molecule has 0 N–H and O–H groups in total. The summed E-state index contributed by atoms with van der Waals surface area (Å²) in [5, 5.41) is 0. The van der Waals surface area contributed by atoms with Crippen LogP contribution in [0, 0.1) is 61.2 Å². The molecule has 0 spiro atoms. The van der Waals surface area contributed by atoms with Gasteiger partial charge in [-0.15, -0.1) is 0 Å². The minimum Gasteiger partial charge on any atom is -0.372 e. The van der Waals surface area contributed by atoms with Gasteiger partial charge in [-0.3, -0.25) is 22.4 Å². The van der Waals surface area contributed by atoms with Crippen LogP contribution < -0.4 is 73.8 Å². The van der Waals surface area contributed by atoms with E-state index in [0.717, 1.165) is 68.8 Å². The molecule has 15 nitrogen and oxygen atoms in total. The van der Waals surface area contributed by atoms with Crippen molar-refractivity contribution >= 4 is 90.7 Å². The molecule has 10 aliphatic rings. The van der Waals surface area contributed by atoms with Crippen LogP contribution in [-0.2, 0) is 32.7 Å². The first kappa shape index (κ1) is 80.8. The SMILES string of the molecule is CCC(CC)N1B(c2c(C)cccc2C)[n+]2ccn3c2-c2c(cccc21)C3.CN1B(c2c(-c3ccccc3)cccc2-c2ccccc2)[n+]2ccn3c2-c2c(cccc21)C3.Cc1cccc(C)c1B1N(C(C)C)c2cccc3c2-c2n(cc[n+]21)C3.Cc1cccc(C)c1B1N(CC(C)C)c2cccc3c2-c2n(cc[n+]21)C3.[2H]C([2H])([2H])c1cccc(C)c1B1N(C)c2cccc3c2-c2n(cc[n+]21)C3. The Morgan fingerprint density at radius 2 is 0.582 bits per heavy atom. The van der Waals surface area contributed by atoms with Crippen molar-refractivity contribution in [3.8, 4) is 79.2 Å². The predicted octanol–water partition coefficient (Wildman–Crippen LogP) is 16.7. The van der Waals surface area contributed by atoms with E-state index >= 15 is 0 Å². The minimum atomic E-state index is -2.15. The second-order valence-corrected chi connectivity index (χ2v) is 39.3. The highest BCUT2D eigenvalue weighted by atomic mass is 15.3. The van der Waals surface area contributed by atoms with Crippen molar-refractivity contribution in [1.29, 1.82) is 0 Å². The number of hydrogen-bond acceptors (Lipinski definition) is 5. The highest BCUT2D eigenvalue weighted by molar-refractivity contribution is 6.74. The highest BCUT2D eigenvalue weighted by Crippen LogP contribution is 2.48. The Morgan fingerprint density at radius 1 is 0.299 bits per heavy atom. The zero-order chi connectivity index (χ0) is 94.2. The summed E-state index contributed by atoms with van der Waals surface area (Å²) in [6, 6.07) is 88.4. The van der Waals surface area contributed by atoms with Crippen LogP contribution in [0.3, 0.4) is 0 Å². The van der Waals surface area contributed by atoms with E-state index in [1.165, 1.54) is 185 Å². The van der Waals surface area contributed by atoms with Gasteiger partial charge in [0.2, 0.25) is 0 Å². The lowest BCUT2D eigenvalue weighted by atomic mass is 9.59. The molecule has 15 heterocycles. The summed E-state index contributed by atoms with van der Waals surface area (Å²) in [5.74, 6) is 7.17. The lowest BCUT2D eigenvalue weighted by Gasteiger charge is -2.39. The van der Waals surface area contributed by atoms with Gasteiger partial charge in [0.25, 0.3) is 29.1 Å².